The van der Waals surface area contributed by atoms with E-state index in [1.807, 2.05) is 62.4 Å². The second-order valence-electron chi connectivity index (χ2n) is 16.3. The van der Waals surface area contributed by atoms with E-state index < -0.39 is 28.9 Å². The molecule has 0 heterocycles. The van der Waals surface area contributed by atoms with Gasteiger partial charge >= 0.3 is 18.1 Å². The van der Waals surface area contributed by atoms with E-state index >= 15 is 0 Å². The first kappa shape index (κ1) is 40.9. The summed E-state index contributed by atoms with van der Waals surface area (Å²) in [5.74, 6) is 1.48. The van der Waals surface area contributed by atoms with Crippen molar-refractivity contribution in [2.45, 2.75) is 113 Å². The van der Waals surface area contributed by atoms with E-state index in [0.717, 1.165) is 12.8 Å². The summed E-state index contributed by atoms with van der Waals surface area (Å²) in [6.45, 7) is 24.0. The molecule has 0 amide bonds. The van der Waals surface area contributed by atoms with Crippen LogP contribution in [0.15, 0.2) is 84.0 Å². The standard InChI is InChI=1S/C46H56O7/c1-28(2)23-30(5)21-22-45(9,10)38-25-40(50-32(7)47)34-17-13-15-19-36(34)42(38)52-44(49)53-43-37-20-16-14-18-35(37)41(51-33(8)48)26-39(43)46(11,12)27-31(6)24-29(3)4/h13-21,25-29H,22-24H2,1-12H3/b30-21+,31-27+. The Hall–Kier alpha value is -4.91. The smallest absolute Gasteiger partial charge is 0.426 e. The zero-order valence-electron chi connectivity index (χ0n) is 33.6. The van der Waals surface area contributed by atoms with E-state index in [2.05, 4.69) is 67.5 Å². The van der Waals surface area contributed by atoms with Crippen LogP contribution in [0.5, 0.6) is 23.0 Å². The molecule has 0 spiro atoms. The Bertz CT molecular complexity index is 2060. The first-order valence-electron chi connectivity index (χ1n) is 18.5. The summed E-state index contributed by atoms with van der Waals surface area (Å²) in [6.07, 6.45) is 5.98. The summed E-state index contributed by atoms with van der Waals surface area (Å²) in [4.78, 5) is 38.8. The van der Waals surface area contributed by atoms with Gasteiger partial charge in [0.25, 0.3) is 0 Å². The average molecular weight is 721 g/mol. The van der Waals surface area contributed by atoms with Gasteiger partial charge in [0, 0.05) is 51.9 Å². The summed E-state index contributed by atoms with van der Waals surface area (Å²) in [5.41, 5.74) is 2.63. The lowest BCUT2D eigenvalue weighted by Crippen LogP contribution is -2.23. The number of carbonyl (C=O) groups is 3. The van der Waals surface area contributed by atoms with Crippen LogP contribution in [0, 0.1) is 11.8 Å². The van der Waals surface area contributed by atoms with Crippen molar-refractivity contribution in [1.82, 2.24) is 0 Å². The van der Waals surface area contributed by atoms with Gasteiger partial charge in [-0.3, -0.25) is 9.59 Å². The van der Waals surface area contributed by atoms with Crippen molar-refractivity contribution in [3.8, 4) is 23.0 Å². The summed E-state index contributed by atoms with van der Waals surface area (Å²) < 4.78 is 24.0. The zero-order valence-corrected chi connectivity index (χ0v) is 33.6. The van der Waals surface area contributed by atoms with Gasteiger partial charge in [-0.15, -0.1) is 0 Å². The van der Waals surface area contributed by atoms with E-state index in [9.17, 15) is 14.4 Å². The van der Waals surface area contributed by atoms with Gasteiger partial charge in [-0.05, 0) is 62.5 Å². The van der Waals surface area contributed by atoms with Gasteiger partial charge in [-0.1, -0.05) is 127 Å². The normalized spacial score (nSPS) is 12.8. The second kappa shape index (κ2) is 16.8. The molecule has 0 saturated heterocycles. The fourth-order valence-electron chi connectivity index (χ4n) is 7.16. The van der Waals surface area contributed by atoms with E-state index in [1.54, 1.807) is 12.1 Å². The maximum Gasteiger partial charge on any atom is 0.519 e. The Labute approximate surface area is 315 Å². The van der Waals surface area contributed by atoms with Crippen molar-refractivity contribution in [2.24, 2.45) is 11.8 Å². The number of carbonyl (C=O) groups excluding carboxylic acids is 3. The molecule has 7 nitrogen and oxygen atoms in total. The van der Waals surface area contributed by atoms with E-state index in [4.69, 9.17) is 18.9 Å². The number of benzene rings is 4. The molecule has 0 unspecified atom stereocenters. The van der Waals surface area contributed by atoms with Gasteiger partial charge in [-0.25, -0.2) is 4.79 Å². The lowest BCUT2D eigenvalue weighted by molar-refractivity contribution is -0.132. The monoisotopic (exact) mass is 720 g/mol. The van der Waals surface area contributed by atoms with Crippen LogP contribution in [0.3, 0.4) is 0 Å². The minimum Gasteiger partial charge on any atom is -0.426 e. The van der Waals surface area contributed by atoms with Crippen molar-refractivity contribution in [2.75, 3.05) is 0 Å². The molecule has 4 rings (SSSR count). The Morgan fingerprint density at radius 2 is 1.02 bits per heavy atom. The van der Waals surface area contributed by atoms with Crippen LogP contribution in [0.1, 0.15) is 113 Å². The van der Waals surface area contributed by atoms with Gasteiger partial charge in [0.15, 0.2) is 0 Å². The van der Waals surface area contributed by atoms with Gasteiger partial charge in [0.05, 0.1) is 0 Å². The lowest BCUT2D eigenvalue weighted by atomic mass is 9.79. The predicted molar refractivity (Wildman–Crippen MR) is 214 cm³/mol. The molecule has 53 heavy (non-hydrogen) atoms. The van der Waals surface area contributed by atoms with E-state index in [-0.39, 0.29) is 0 Å². The molecule has 4 aromatic rings. The highest BCUT2D eigenvalue weighted by Crippen LogP contribution is 2.46. The summed E-state index contributed by atoms with van der Waals surface area (Å²) in [5, 5.41) is 2.45. The number of rotatable bonds is 13. The number of esters is 2. The molecule has 0 saturated carbocycles. The molecule has 282 valence electrons. The van der Waals surface area contributed by atoms with Crippen molar-refractivity contribution in [1.29, 1.82) is 0 Å². The highest BCUT2D eigenvalue weighted by Gasteiger charge is 2.32. The number of hydrogen-bond donors (Lipinski definition) is 0. The molecule has 0 aliphatic carbocycles. The largest absolute Gasteiger partial charge is 0.519 e. The molecular formula is C46H56O7. The maximum absolute atomic E-state index is 14.3. The molecule has 4 aromatic carbocycles. The molecule has 7 heteroatoms. The number of hydrogen-bond acceptors (Lipinski definition) is 7. The van der Waals surface area contributed by atoms with Crippen LogP contribution in [-0.2, 0) is 20.4 Å². The highest BCUT2D eigenvalue weighted by atomic mass is 16.7. The third-order valence-electron chi connectivity index (χ3n) is 9.24. The molecular weight excluding hydrogens is 664 g/mol. The predicted octanol–water partition coefficient (Wildman–Crippen LogP) is 12.4. The first-order chi connectivity index (χ1) is 24.8. The molecule has 0 aliphatic rings. The van der Waals surface area contributed by atoms with Gasteiger partial charge < -0.3 is 18.9 Å². The lowest BCUT2D eigenvalue weighted by Gasteiger charge is -2.29. The molecule has 0 aliphatic heterocycles. The van der Waals surface area contributed by atoms with Crippen LogP contribution in [0.4, 0.5) is 4.79 Å². The Morgan fingerprint density at radius 3 is 1.47 bits per heavy atom. The van der Waals surface area contributed by atoms with Crippen LogP contribution >= 0.6 is 0 Å². The molecule has 0 radical (unpaired) electrons. The van der Waals surface area contributed by atoms with Gasteiger partial charge in [0.2, 0.25) is 0 Å². The molecule has 0 bridgehead atoms. The highest BCUT2D eigenvalue weighted by molar-refractivity contribution is 5.99. The SMILES string of the molecule is CC(=O)Oc1cc(C(C)(C)/C=C(\C)CC(C)C)c(OC(=O)Oc2c(C(C)(C)C/C=C(\C)CC(C)C)cc(OC(C)=O)c3ccccc23)c2ccccc12. The van der Waals surface area contributed by atoms with Crippen molar-refractivity contribution < 1.29 is 33.3 Å². The summed E-state index contributed by atoms with van der Waals surface area (Å²) >= 11 is 0. The minimum absolute atomic E-state index is 0.314. The van der Waals surface area contributed by atoms with Gasteiger partial charge in [0.1, 0.15) is 23.0 Å². The molecule has 0 aromatic heterocycles. The molecule has 0 atom stereocenters. The van der Waals surface area contributed by atoms with E-state index in [0.29, 0.717) is 73.9 Å². The Balaban J connectivity index is 1.91. The zero-order chi connectivity index (χ0) is 39.2. The first-order valence-corrected chi connectivity index (χ1v) is 18.5. The van der Waals surface area contributed by atoms with Gasteiger partial charge in [-0.2, -0.15) is 0 Å². The summed E-state index contributed by atoms with van der Waals surface area (Å²) in [6, 6.07) is 18.4. The van der Waals surface area contributed by atoms with Crippen LogP contribution in [0.25, 0.3) is 21.5 Å². The van der Waals surface area contributed by atoms with Crippen LogP contribution < -0.4 is 18.9 Å². The number of allylic oxidation sites excluding steroid dienone is 4. The third kappa shape index (κ3) is 10.4. The Kier molecular flexibility index (Phi) is 13.0. The maximum atomic E-state index is 14.3. The fourth-order valence-corrected chi connectivity index (χ4v) is 7.16. The number of fused-ring (bicyclic) bond motifs is 2. The quantitative estimate of drug-likeness (QED) is 0.0588. The summed E-state index contributed by atoms with van der Waals surface area (Å²) in [7, 11) is 0. The van der Waals surface area contributed by atoms with Crippen molar-refractivity contribution in [3.05, 3.63) is 95.1 Å². The van der Waals surface area contributed by atoms with Crippen molar-refractivity contribution >= 4 is 39.6 Å². The van der Waals surface area contributed by atoms with Crippen LogP contribution in [-0.4, -0.2) is 18.1 Å². The Morgan fingerprint density at radius 1 is 0.604 bits per heavy atom. The topological polar surface area (TPSA) is 88.1 Å². The van der Waals surface area contributed by atoms with E-state index in [1.165, 1.54) is 25.0 Å². The average Bonchev–Trinajstić information content (AvgIpc) is 3.04. The number of ether oxygens (including phenoxy) is 4. The van der Waals surface area contributed by atoms with Crippen LogP contribution in [0.2, 0.25) is 0 Å². The second-order valence-corrected chi connectivity index (χ2v) is 16.3. The molecule has 0 N–H and O–H groups in total. The third-order valence-corrected chi connectivity index (χ3v) is 9.24. The van der Waals surface area contributed by atoms with Crippen molar-refractivity contribution in [3.63, 3.8) is 0 Å². The minimum atomic E-state index is -0.927. The fraction of sp³-hybridized carbons (Fsp3) is 0.413. The molecule has 0 fully saturated rings.